The fourth-order valence-corrected chi connectivity index (χ4v) is 1.46. The van der Waals surface area contributed by atoms with E-state index in [0.29, 0.717) is 11.0 Å². The molecule has 5 nitrogen and oxygen atoms in total. The molecule has 88 valence electrons. The van der Waals surface area contributed by atoms with Crippen molar-refractivity contribution >= 4 is 16.9 Å². The summed E-state index contributed by atoms with van der Waals surface area (Å²) in [5.41, 5.74) is -0.264. The molecule has 0 aliphatic carbocycles. The van der Waals surface area contributed by atoms with Crippen molar-refractivity contribution in [2.45, 2.75) is 0 Å². The quantitative estimate of drug-likeness (QED) is 0.581. The van der Waals surface area contributed by atoms with Gasteiger partial charge in [-0.25, -0.2) is 9.86 Å². The second kappa shape index (κ2) is 4.39. The van der Waals surface area contributed by atoms with Gasteiger partial charge in [-0.3, -0.25) is 9.63 Å². The van der Waals surface area contributed by atoms with Crippen LogP contribution in [0, 0.1) is 0 Å². The minimum Gasteiger partial charge on any atom is -0.422 e. The number of rotatable bonds is 2. The number of para-hydroxylation sites is 1. The normalized spacial score (nSPS) is 10.5. The lowest BCUT2D eigenvalue weighted by molar-refractivity contribution is -0.0759. The standard InChI is InChI=1S/C12H11NO4/c1-13(16-2)11(14)9-7-8-5-3-4-6-10(8)17-12(9)15/h3-7H,1-2H3. The number of nitrogens with zero attached hydrogens (tertiary/aromatic N) is 1. The van der Waals surface area contributed by atoms with Crippen molar-refractivity contribution in [1.29, 1.82) is 0 Å². The van der Waals surface area contributed by atoms with Gasteiger partial charge in [-0.05, 0) is 12.1 Å². The molecule has 0 unspecified atom stereocenters. The first-order valence-electron chi connectivity index (χ1n) is 4.98. The molecule has 0 aliphatic rings. The highest BCUT2D eigenvalue weighted by Gasteiger charge is 2.17. The lowest BCUT2D eigenvalue weighted by Gasteiger charge is -2.12. The van der Waals surface area contributed by atoms with Crippen LogP contribution < -0.4 is 5.63 Å². The van der Waals surface area contributed by atoms with Gasteiger partial charge >= 0.3 is 5.63 Å². The van der Waals surface area contributed by atoms with Crippen molar-refractivity contribution in [2.24, 2.45) is 0 Å². The van der Waals surface area contributed by atoms with Gasteiger partial charge in [-0.15, -0.1) is 0 Å². The molecule has 0 atom stereocenters. The third kappa shape index (κ3) is 2.05. The minimum atomic E-state index is -0.669. The number of hydrogen-bond acceptors (Lipinski definition) is 4. The van der Waals surface area contributed by atoms with E-state index in [9.17, 15) is 9.59 Å². The maximum atomic E-state index is 11.8. The summed E-state index contributed by atoms with van der Waals surface area (Å²) in [4.78, 5) is 28.1. The van der Waals surface area contributed by atoms with E-state index in [-0.39, 0.29) is 5.56 Å². The predicted molar refractivity (Wildman–Crippen MR) is 61.6 cm³/mol. The van der Waals surface area contributed by atoms with Gasteiger partial charge in [0.05, 0.1) is 7.11 Å². The Bertz CT molecular complexity index is 617. The third-order valence-electron chi connectivity index (χ3n) is 2.43. The molecule has 0 fully saturated rings. The van der Waals surface area contributed by atoms with Gasteiger partial charge in [-0.1, -0.05) is 18.2 Å². The fraction of sp³-hybridized carbons (Fsp3) is 0.167. The number of hydroxylamine groups is 2. The molecular weight excluding hydrogens is 222 g/mol. The zero-order valence-electron chi connectivity index (χ0n) is 9.47. The SMILES string of the molecule is CON(C)C(=O)c1cc2ccccc2oc1=O. The smallest absolute Gasteiger partial charge is 0.349 e. The summed E-state index contributed by atoms with van der Waals surface area (Å²) in [6.07, 6.45) is 0. The summed E-state index contributed by atoms with van der Waals surface area (Å²) in [6.45, 7) is 0. The van der Waals surface area contributed by atoms with E-state index < -0.39 is 11.5 Å². The molecule has 1 heterocycles. The molecule has 0 saturated carbocycles. The van der Waals surface area contributed by atoms with Crippen LogP contribution >= 0.6 is 0 Å². The van der Waals surface area contributed by atoms with Crippen molar-refractivity contribution < 1.29 is 14.0 Å². The number of fused-ring (bicyclic) bond motifs is 1. The van der Waals surface area contributed by atoms with E-state index in [1.807, 2.05) is 0 Å². The van der Waals surface area contributed by atoms with E-state index >= 15 is 0 Å². The highest BCUT2D eigenvalue weighted by molar-refractivity contribution is 5.95. The van der Waals surface area contributed by atoms with E-state index in [1.165, 1.54) is 20.2 Å². The molecule has 0 spiro atoms. The topological polar surface area (TPSA) is 59.8 Å². The van der Waals surface area contributed by atoms with Gasteiger partial charge in [0.15, 0.2) is 0 Å². The van der Waals surface area contributed by atoms with E-state index in [0.717, 1.165) is 5.06 Å². The largest absolute Gasteiger partial charge is 0.422 e. The van der Waals surface area contributed by atoms with Crippen LogP contribution in [0.25, 0.3) is 11.0 Å². The Hall–Kier alpha value is -2.14. The van der Waals surface area contributed by atoms with Crippen LogP contribution in [0.15, 0.2) is 39.5 Å². The minimum absolute atomic E-state index is 0.0481. The monoisotopic (exact) mass is 233 g/mol. The molecular formula is C12H11NO4. The maximum absolute atomic E-state index is 11.8. The molecule has 0 N–H and O–H groups in total. The average Bonchev–Trinajstić information content (AvgIpc) is 2.36. The van der Waals surface area contributed by atoms with Crippen molar-refractivity contribution in [2.75, 3.05) is 14.2 Å². The second-order valence-electron chi connectivity index (χ2n) is 3.47. The molecule has 1 amide bonds. The van der Waals surface area contributed by atoms with E-state index in [4.69, 9.17) is 9.25 Å². The van der Waals surface area contributed by atoms with Crippen molar-refractivity contribution in [1.82, 2.24) is 5.06 Å². The fourth-order valence-electron chi connectivity index (χ4n) is 1.46. The van der Waals surface area contributed by atoms with Crippen LogP contribution in [-0.4, -0.2) is 25.1 Å². The number of carbonyl (C=O) groups is 1. The number of benzene rings is 1. The van der Waals surface area contributed by atoms with Gasteiger partial charge in [-0.2, -0.15) is 0 Å². The molecule has 2 rings (SSSR count). The molecule has 2 aromatic rings. The molecule has 0 saturated heterocycles. The van der Waals surface area contributed by atoms with Crippen molar-refractivity contribution in [3.05, 3.63) is 46.3 Å². The number of hydrogen-bond donors (Lipinski definition) is 0. The average molecular weight is 233 g/mol. The Morgan fingerprint density at radius 3 is 2.76 bits per heavy atom. The Balaban J connectivity index is 2.59. The molecule has 1 aromatic carbocycles. The Morgan fingerprint density at radius 2 is 2.06 bits per heavy atom. The number of carbonyl (C=O) groups excluding carboxylic acids is 1. The lowest BCUT2D eigenvalue weighted by Crippen LogP contribution is -2.29. The van der Waals surface area contributed by atoms with Gasteiger partial charge in [0, 0.05) is 12.4 Å². The zero-order chi connectivity index (χ0) is 12.4. The summed E-state index contributed by atoms with van der Waals surface area (Å²) in [5, 5.41) is 1.67. The van der Waals surface area contributed by atoms with E-state index in [2.05, 4.69) is 0 Å². The van der Waals surface area contributed by atoms with Crippen LogP contribution in [0.1, 0.15) is 10.4 Å². The lowest BCUT2D eigenvalue weighted by atomic mass is 10.2. The molecule has 0 bridgehead atoms. The molecule has 1 aromatic heterocycles. The summed E-state index contributed by atoms with van der Waals surface area (Å²) >= 11 is 0. The summed E-state index contributed by atoms with van der Waals surface area (Å²) in [6, 6.07) is 8.50. The first-order chi connectivity index (χ1) is 8.13. The summed E-state index contributed by atoms with van der Waals surface area (Å²) in [7, 11) is 2.78. The Morgan fingerprint density at radius 1 is 1.35 bits per heavy atom. The summed E-state index contributed by atoms with van der Waals surface area (Å²) in [5.74, 6) is -0.535. The third-order valence-corrected chi connectivity index (χ3v) is 2.43. The van der Waals surface area contributed by atoms with Gasteiger partial charge in [0.2, 0.25) is 0 Å². The van der Waals surface area contributed by atoms with Crippen LogP contribution in [-0.2, 0) is 4.84 Å². The van der Waals surface area contributed by atoms with E-state index in [1.54, 1.807) is 24.3 Å². The first kappa shape index (κ1) is 11.3. The van der Waals surface area contributed by atoms with Crippen LogP contribution in [0.5, 0.6) is 0 Å². The van der Waals surface area contributed by atoms with Crippen molar-refractivity contribution in [3.8, 4) is 0 Å². The second-order valence-corrected chi connectivity index (χ2v) is 3.47. The first-order valence-corrected chi connectivity index (χ1v) is 4.98. The van der Waals surface area contributed by atoms with Crippen LogP contribution in [0.4, 0.5) is 0 Å². The molecule has 5 heteroatoms. The van der Waals surface area contributed by atoms with Gasteiger partial charge in [0.25, 0.3) is 5.91 Å². The molecule has 17 heavy (non-hydrogen) atoms. The maximum Gasteiger partial charge on any atom is 0.349 e. The van der Waals surface area contributed by atoms with Gasteiger partial charge < -0.3 is 4.42 Å². The van der Waals surface area contributed by atoms with Crippen LogP contribution in [0.2, 0.25) is 0 Å². The Labute approximate surface area is 97.2 Å². The Kier molecular flexibility index (Phi) is 2.93. The highest BCUT2D eigenvalue weighted by Crippen LogP contribution is 2.13. The molecule has 0 radical (unpaired) electrons. The summed E-state index contributed by atoms with van der Waals surface area (Å²) < 4.78 is 5.05. The number of amides is 1. The van der Waals surface area contributed by atoms with Crippen LogP contribution in [0.3, 0.4) is 0 Å². The van der Waals surface area contributed by atoms with Crippen molar-refractivity contribution in [3.63, 3.8) is 0 Å². The highest BCUT2D eigenvalue weighted by atomic mass is 16.7. The predicted octanol–water partition coefficient (Wildman–Crippen LogP) is 1.43. The zero-order valence-corrected chi connectivity index (χ0v) is 9.47. The molecule has 0 aliphatic heterocycles. The van der Waals surface area contributed by atoms with Gasteiger partial charge in [0.1, 0.15) is 11.1 Å².